The monoisotopic (exact) mass is 423 g/mol. The summed E-state index contributed by atoms with van der Waals surface area (Å²) in [6.07, 6.45) is 1.52. The molecule has 0 spiro atoms. The minimum absolute atomic E-state index is 0.225. The van der Waals surface area contributed by atoms with Crippen LogP contribution in [0.3, 0.4) is 0 Å². The number of benzene rings is 2. The summed E-state index contributed by atoms with van der Waals surface area (Å²) in [7, 11) is 1.32. The Balaban J connectivity index is 1.90. The number of hydrogen-bond donors (Lipinski definition) is 0. The van der Waals surface area contributed by atoms with Crippen molar-refractivity contribution in [2.45, 2.75) is 52.0 Å². The summed E-state index contributed by atoms with van der Waals surface area (Å²) in [5, 5.41) is 0. The molecule has 6 heteroatoms. The van der Waals surface area contributed by atoms with E-state index in [-0.39, 0.29) is 6.54 Å². The molecule has 0 radical (unpaired) electrons. The predicted octanol–water partition coefficient (Wildman–Crippen LogP) is 4.74. The number of amides is 1. The maximum Gasteiger partial charge on any atom is 0.411 e. The van der Waals surface area contributed by atoms with E-state index in [1.54, 1.807) is 26.8 Å². The molecule has 6 nitrogen and oxygen atoms in total. The number of methoxy groups -OCH3 is 1. The molecule has 0 N–H and O–H groups in total. The SMILES string of the molecule is C=Cc1cc2c(cc1OCc1ccccc1)CN(C(=O)OC(C)(C)C)[C@H](C(=O)OC)C2. The number of fused-ring (bicyclic) bond motifs is 1. The lowest BCUT2D eigenvalue weighted by molar-refractivity contribution is -0.147. The summed E-state index contributed by atoms with van der Waals surface area (Å²) in [5.74, 6) is 0.208. The zero-order valence-electron chi connectivity index (χ0n) is 18.5. The molecule has 0 saturated heterocycles. The summed E-state index contributed by atoms with van der Waals surface area (Å²) in [6, 6.07) is 13.0. The van der Waals surface area contributed by atoms with Gasteiger partial charge in [-0.3, -0.25) is 4.90 Å². The molecule has 0 bridgehead atoms. The second-order valence-electron chi connectivity index (χ2n) is 8.49. The van der Waals surface area contributed by atoms with Gasteiger partial charge in [0.1, 0.15) is 24.0 Å². The smallest absolute Gasteiger partial charge is 0.411 e. The quantitative estimate of drug-likeness (QED) is 0.650. The van der Waals surface area contributed by atoms with Crippen molar-refractivity contribution in [1.82, 2.24) is 4.90 Å². The van der Waals surface area contributed by atoms with E-state index in [1.807, 2.05) is 42.5 Å². The Labute approximate surface area is 183 Å². The van der Waals surface area contributed by atoms with Crippen molar-refractivity contribution in [1.29, 1.82) is 0 Å². The van der Waals surface area contributed by atoms with E-state index in [4.69, 9.17) is 14.2 Å². The highest BCUT2D eigenvalue weighted by atomic mass is 16.6. The number of nitrogens with zero attached hydrogens (tertiary/aromatic N) is 1. The zero-order valence-corrected chi connectivity index (χ0v) is 18.5. The number of carbonyl (C=O) groups excluding carboxylic acids is 2. The third kappa shape index (κ3) is 5.45. The predicted molar refractivity (Wildman–Crippen MR) is 119 cm³/mol. The maximum absolute atomic E-state index is 12.8. The molecule has 1 aliphatic heterocycles. The first-order chi connectivity index (χ1) is 14.7. The van der Waals surface area contributed by atoms with E-state index in [0.717, 1.165) is 22.3 Å². The number of esters is 1. The van der Waals surface area contributed by atoms with E-state index in [9.17, 15) is 9.59 Å². The average molecular weight is 424 g/mol. The van der Waals surface area contributed by atoms with Crippen molar-refractivity contribution < 1.29 is 23.8 Å². The molecule has 2 aromatic rings. The van der Waals surface area contributed by atoms with Crippen LogP contribution >= 0.6 is 0 Å². The van der Waals surface area contributed by atoms with Gasteiger partial charge in [0.15, 0.2) is 0 Å². The van der Waals surface area contributed by atoms with E-state index < -0.39 is 23.7 Å². The Morgan fingerprint density at radius 2 is 1.87 bits per heavy atom. The number of rotatable bonds is 5. The number of carbonyl (C=O) groups is 2. The first-order valence-corrected chi connectivity index (χ1v) is 10.2. The molecular weight excluding hydrogens is 394 g/mol. The van der Waals surface area contributed by atoms with Gasteiger partial charge in [-0.25, -0.2) is 9.59 Å². The van der Waals surface area contributed by atoms with Crippen molar-refractivity contribution in [3.8, 4) is 5.75 Å². The Morgan fingerprint density at radius 3 is 2.48 bits per heavy atom. The summed E-state index contributed by atoms with van der Waals surface area (Å²) in [4.78, 5) is 26.7. The second kappa shape index (κ2) is 9.25. The van der Waals surface area contributed by atoms with E-state index in [2.05, 4.69) is 6.58 Å². The van der Waals surface area contributed by atoms with Gasteiger partial charge in [-0.2, -0.15) is 0 Å². The highest BCUT2D eigenvalue weighted by molar-refractivity contribution is 5.82. The van der Waals surface area contributed by atoms with Crippen molar-refractivity contribution >= 4 is 18.1 Å². The molecule has 0 fully saturated rings. The van der Waals surface area contributed by atoms with Crippen molar-refractivity contribution in [2.75, 3.05) is 7.11 Å². The van der Waals surface area contributed by atoms with Crippen LogP contribution in [-0.4, -0.2) is 35.7 Å². The van der Waals surface area contributed by atoms with Crippen molar-refractivity contribution in [3.63, 3.8) is 0 Å². The van der Waals surface area contributed by atoms with E-state index in [0.29, 0.717) is 18.8 Å². The fraction of sp³-hybridized carbons (Fsp3) is 0.360. The van der Waals surface area contributed by atoms with Crippen LogP contribution in [0.2, 0.25) is 0 Å². The van der Waals surface area contributed by atoms with Crippen molar-refractivity contribution in [3.05, 3.63) is 71.3 Å². The van der Waals surface area contributed by atoms with Crippen LogP contribution in [-0.2, 0) is 33.8 Å². The molecule has 1 atom stereocenters. The lowest BCUT2D eigenvalue weighted by Gasteiger charge is -2.36. The molecule has 1 amide bonds. The molecule has 0 saturated carbocycles. The molecule has 0 aromatic heterocycles. The Kier molecular flexibility index (Phi) is 6.68. The molecular formula is C25H29NO5. The van der Waals surface area contributed by atoms with Gasteiger partial charge in [-0.05, 0) is 49.6 Å². The maximum atomic E-state index is 12.8. The van der Waals surface area contributed by atoms with Crippen molar-refractivity contribution in [2.24, 2.45) is 0 Å². The highest BCUT2D eigenvalue weighted by Crippen LogP contribution is 2.32. The van der Waals surface area contributed by atoms with E-state index >= 15 is 0 Å². The molecule has 2 aromatic carbocycles. The minimum Gasteiger partial charge on any atom is -0.488 e. The molecule has 1 heterocycles. The van der Waals surface area contributed by atoms with Gasteiger partial charge in [0.05, 0.1) is 13.7 Å². The first-order valence-electron chi connectivity index (χ1n) is 10.2. The lowest BCUT2D eigenvalue weighted by atomic mass is 9.92. The molecule has 0 unspecified atom stereocenters. The normalized spacial score (nSPS) is 15.6. The van der Waals surface area contributed by atoms with Crippen LogP contribution in [0.25, 0.3) is 6.08 Å². The Bertz CT molecular complexity index is 962. The van der Waals surface area contributed by atoms with Crippen LogP contribution < -0.4 is 4.74 Å². The van der Waals surface area contributed by atoms with Crippen LogP contribution in [0.4, 0.5) is 4.79 Å². The minimum atomic E-state index is -0.749. The standard InChI is InChI=1S/C25H29NO5/c1-6-18-12-19-13-21(23(27)29-5)26(24(28)31-25(2,3)4)15-20(19)14-22(18)30-16-17-10-8-7-9-11-17/h6-12,14,21H,1,13,15-16H2,2-5H3/t21-/m0/s1. The number of ether oxygens (including phenoxy) is 3. The fourth-order valence-electron chi connectivity index (χ4n) is 3.51. The van der Waals surface area contributed by atoms with Gasteiger partial charge in [0, 0.05) is 12.0 Å². The first kappa shape index (κ1) is 22.4. The summed E-state index contributed by atoms with van der Waals surface area (Å²) < 4.78 is 16.5. The Morgan fingerprint density at radius 1 is 1.16 bits per heavy atom. The highest BCUT2D eigenvalue weighted by Gasteiger charge is 2.38. The summed E-state index contributed by atoms with van der Waals surface area (Å²) in [6.45, 7) is 9.92. The molecule has 31 heavy (non-hydrogen) atoms. The van der Waals surface area contributed by atoms with Gasteiger partial charge in [-0.15, -0.1) is 0 Å². The van der Waals surface area contributed by atoms with Gasteiger partial charge >= 0.3 is 12.1 Å². The van der Waals surface area contributed by atoms with Gasteiger partial charge in [0.25, 0.3) is 0 Å². The number of hydrogen-bond acceptors (Lipinski definition) is 5. The van der Waals surface area contributed by atoms with Gasteiger partial charge in [0.2, 0.25) is 0 Å². The summed E-state index contributed by atoms with van der Waals surface area (Å²) >= 11 is 0. The average Bonchev–Trinajstić information content (AvgIpc) is 2.75. The molecule has 164 valence electrons. The van der Waals surface area contributed by atoms with Crippen LogP contribution in [0, 0.1) is 0 Å². The van der Waals surface area contributed by atoms with Crippen LogP contribution in [0.5, 0.6) is 5.75 Å². The third-order valence-corrected chi connectivity index (χ3v) is 5.02. The second-order valence-corrected chi connectivity index (χ2v) is 8.49. The zero-order chi connectivity index (χ0) is 22.6. The van der Waals surface area contributed by atoms with Gasteiger partial charge < -0.3 is 14.2 Å². The fourth-order valence-corrected chi connectivity index (χ4v) is 3.51. The third-order valence-electron chi connectivity index (χ3n) is 5.02. The largest absolute Gasteiger partial charge is 0.488 e. The topological polar surface area (TPSA) is 65.1 Å². The van der Waals surface area contributed by atoms with Crippen LogP contribution in [0.1, 0.15) is 43.0 Å². The van der Waals surface area contributed by atoms with E-state index in [1.165, 1.54) is 12.0 Å². The molecule has 1 aliphatic rings. The van der Waals surface area contributed by atoms with Crippen LogP contribution in [0.15, 0.2) is 49.0 Å². The summed E-state index contributed by atoms with van der Waals surface area (Å²) in [5.41, 5.74) is 3.08. The molecule has 3 rings (SSSR count). The lowest BCUT2D eigenvalue weighted by Crippen LogP contribution is -2.50. The molecule has 0 aliphatic carbocycles. The Hall–Kier alpha value is -3.28. The van der Waals surface area contributed by atoms with Gasteiger partial charge in [-0.1, -0.05) is 43.0 Å².